The second kappa shape index (κ2) is 8.19. The van der Waals surface area contributed by atoms with E-state index in [9.17, 15) is 9.59 Å². The molecule has 0 aliphatic heterocycles. The van der Waals surface area contributed by atoms with Gasteiger partial charge in [0.15, 0.2) is 0 Å². The smallest absolute Gasteiger partial charge is 0.326 e. The van der Waals surface area contributed by atoms with Crippen molar-refractivity contribution in [3.63, 3.8) is 0 Å². The van der Waals surface area contributed by atoms with Crippen LogP contribution in [0.5, 0.6) is 0 Å². The van der Waals surface area contributed by atoms with Crippen molar-refractivity contribution in [2.75, 3.05) is 5.75 Å². The number of thioether (sulfide) groups is 1. The zero-order valence-electron chi connectivity index (χ0n) is 14.2. The first-order chi connectivity index (χ1) is 11.3. The molecule has 1 amide bonds. The van der Waals surface area contributed by atoms with E-state index in [1.807, 2.05) is 49.7 Å². The number of aryl methyl sites for hydroxylation is 1. The van der Waals surface area contributed by atoms with E-state index in [2.05, 4.69) is 10.3 Å². The number of aromatic nitrogens is 2. The minimum Gasteiger partial charge on any atom is -0.480 e. The quantitative estimate of drug-likeness (QED) is 0.765. The Hall–Kier alpha value is -2.02. The number of nitrogens with one attached hydrogen (secondary N) is 1. The molecule has 0 radical (unpaired) electrons. The van der Waals surface area contributed by atoms with E-state index in [1.54, 1.807) is 0 Å². The third-order valence-corrected chi connectivity index (χ3v) is 4.44. The van der Waals surface area contributed by atoms with Crippen LogP contribution in [0, 0.1) is 12.8 Å². The molecule has 24 heavy (non-hydrogen) atoms. The molecule has 0 spiro atoms. The second-order valence-electron chi connectivity index (χ2n) is 6.28. The van der Waals surface area contributed by atoms with E-state index in [-0.39, 0.29) is 17.6 Å². The molecule has 2 heterocycles. The highest BCUT2D eigenvalue weighted by molar-refractivity contribution is 7.99. The molecule has 1 atom stereocenters. The fourth-order valence-electron chi connectivity index (χ4n) is 2.40. The maximum Gasteiger partial charge on any atom is 0.326 e. The van der Waals surface area contributed by atoms with Crippen LogP contribution in [0.15, 0.2) is 24.5 Å². The lowest BCUT2D eigenvalue weighted by Crippen LogP contribution is -2.42. The van der Waals surface area contributed by atoms with Crippen LogP contribution in [0.1, 0.15) is 31.5 Å². The number of amides is 1. The molecule has 2 rings (SSSR count). The molecule has 0 saturated heterocycles. The number of carbonyl (C=O) groups is 2. The number of carboxylic acids is 1. The Morgan fingerprint density at radius 1 is 1.33 bits per heavy atom. The van der Waals surface area contributed by atoms with Gasteiger partial charge in [-0.3, -0.25) is 4.79 Å². The van der Waals surface area contributed by atoms with Crippen LogP contribution >= 0.6 is 11.8 Å². The van der Waals surface area contributed by atoms with Gasteiger partial charge in [-0.2, -0.15) is 0 Å². The van der Waals surface area contributed by atoms with Crippen LogP contribution in [0.4, 0.5) is 0 Å². The summed E-state index contributed by atoms with van der Waals surface area (Å²) in [6, 6.07) is 3.14. The van der Waals surface area contributed by atoms with Gasteiger partial charge in [0.05, 0.1) is 11.4 Å². The minimum atomic E-state index is -0.988. The normalized spacial score (nSPS) is 12.5. The number of nitrogens with zero attached hydrogens (tertiary/aromatic N) is 2. The van der Waals surface area contributed by atoms with Crippen LogP contribution < -0.4 is 5.32 Å². The molecular formula is C17H23N3O3S. The van der Waals surface area contributed by atoms with Gasteiger partial charge in [0, 0.05) is 18.1 Å². The highest BCUT2D eigenvalue weighted by Crippen LogP contribution is 2.14. The summed E-state index contributed by atoms with van der Waals surface area (Å²) in [7, 11) is 0. The fourth-order valence-corrected chi connectivity index (χ4v) is 3.12. The lowest BCUT2D eigenvalue weighted by Gasteiger charge is -2.16. The van der Waals surface area contributed by atoms with E-state index in [0.29, 0.717) is 12.2 Å². The summed E-state index contributed by atoms with van der Waals surface area (Å²) in [5.41, 5.74) is 2.93. The molecule has 0 saturated carbocycles. The summed E-state index contributed by atoms with van der Waals surface area (Å²) in [6.07, 6.45) is 4.39. The standard InChI is InChI=1S/C17H23N3O3S/c1-11(2)6-14(17(22)23)19-16(21)10-24-9-13-8-20-7-12(3)4-5-15(20)18-13/h4-5,7-8,11,14H,6,9-10H2,1-3H3,(H,19,21)(H,22,23)/t14-/m1/s1. The average Bonchev–Trinajstić information content (AvgIpc) is 2.87. The SMILES string of the molecule is Cc1ccc2nc(CSCC(=O)N[C@H](CC(C)C)C(=O)O)cn2c1. The Labute approximate surface area is 145 Å². The van der Waals surface area contributed by atoms with Crippen molar-refractivity contribution >= 4 is 29.3 Å². The van der Waals surface area contributed by atoms with Crippen molar-refractivity contribution in [3.05, 3.63) is 35.8 Å². The van der Waals surface area contributed by atoms with Crippen molar-refractivity contribution in [2.45, 2.75) is 39.0 Å². The fraction of sp³-hybridized carbons (Fsp3) is 0.471. The van der Waals surface area contributed by atoms with Gasteiger partial charge in [0.25, 0.3) is 0 Å². The van der Waals surface area contributed by atoms with Gasteiger partial charge in [-0.15, -0.1) is 11.8 Å². The summed E-state index contributed by atoms with van der Waals surface area (Å²) in [6.45, 7) is 5.89. The lowest BCUT2D eigenvalue weighted by atomic mass is 10.0. The van der Waals surface area contributed by atoms with Crippen molar-refractivity contribution < 1.29 is 14.7 Å². The topological polar surface area (TPSA) is 83.7 Å². The van der Waals surface area contributed by atoms with E-state index in [0.717, 1.165) is 16.9 Å². The monoisotopic (exact) mass is 349 g/mol. The Balaban J connectivity index is 1.83. The zero-order chi connectivity index (χ0) is 17.7. The number of hydrogen-bond acceptors (Lipinski definition) is 4. The molecule has 0 aliphatic rings. The molecule has 0 aromatic carbocycles. The highest BCUT2D eigenvalue weighted by Gasteiger charge is 2.20. The number of rotatable bonds is 8. The average molecular weight is 349 g/mol. The second-order valence-corrected chi connectivity index (χ2v) is 7.27. The summed E-state index contributed by atoms with van der Waals surface area (Å²) in [5, 5.41) is 11.7. The predicted molar refractivity (Wildman–Crippen MR) is 95.1 cm³/mol. The van der Waals surface area contributed by atoms with Crippen molar-refractivity contribution in [3.8, 4) is 0 Å². The number of fused-ring (bicyclic) bond motifs is 1. The Bertz CT molecular complexity index is 727. The first kappa shape index (κ1) is 18.3. The van der Waals surface area contributed by atoms with Gasteiger partial charge in [-0.05, 0) is 30.9 Å². The summed E-state index contributed by atoms with van der Waals surface area (Å²) in [4.78, 5) is 27.6. The summed E-state index contributed by atoms with van der Waals surface area (Å²) >= 11 is 1.43. The van der Waals surface area contributed by atoms with Gasteiger partial charge in [0.1, 0.15) is 11.7 Å². The molecule has 0 fully saturated rings. The minimum absolute atomic E-state index is 0.209. The lowest BCUT2D eigenvalue weighted by molar-refractivity contribution is -0.141. The number of carbonyl (C=O) groups excluding carboxylic acids is 1. The van der Waals surface area contributed by atoms with Crippen LogP contribution in [0.25, 0.3) is 5.65 Å². The van der Waals surface area contributed by atoms with Gasteiger partial charge in [-0.25, -0.2) is 9.78 Å². The molecule has 2 N–H and O–H groups in total. The third-order valence-electron chi connectivity index (χ3n) is 3.47. The van der Waals surface area contributed by atoms with Gasteiger partial charge in [-0.1, -0.05) is 19.9 Å². The number of imidazole rings is 1. The van der Waals surface area contributed by atoms with E-state index in [1.165, 1.54) is 11.8 Å². The number of hydrogen-bond donors (Lipinski definition) is 2. The molecule has 0 unspecified atom stereocenters. The largest absolute Gasteiger partial charge is 0.480 e. The van der Waals surface area contributed by atoms with E-state index >= 15 is 0 Å². The van der Waals surface area contributed by atoms with Crippen LogP contribution in [-0.4, -0.2) is 38.2 Å². The molecule has 7 heteroatoms. The third kappa shape index (κ3) is 5.26. The Morgan fingerprint density at radius 2 is 2.08 bits per heavy atom. The molecular weight excluding hydrogens is 326 g/mol. The maximum atomic E-state index is 11.9. The van der Waals surface area contributed by atoms with Crippen molar-refractivity contribution in [2.24, 2.45) is 5.92 Å². The van der Waals surface area contributed by atoms with Gasteiger partial charge < -0.3 is 14.8 Å². The predicted octanol–water partition coefficient (Wildman–Crippen LogP) is 2.49. The molecule has 0 aliphatic carbocycles. The maximum absolute atomic E-state index is 11.9. The number of aliphatic carboxylic acids is 1. The van der Waals surface area contributed by atoms with Crippen molar-refractivity contribution in [1.82, 2.24) is 14.7 Å². The van der Waals surface area contributed by atoms with Gasteiger partial charge in [0.2, 0.25) is 5.91 Å². The first-order valence-corrected chi connectivity index (χ1v) is 9.04. The number of carboxylic acid groups (broad SMARTS) is 1. The summed E-state index contributed by atoms with van der Waals surface area (Å²) < 4.78 is 1.97. The van der Waals surface area contributed by atoms with Crippen LogP contribution in [-0.2, 0) is 15.3 Å². The highest BCUT2D eigenvalue weighted by atomic mass is 32.2. The molecule has 2 aromatic heterocycles. The molecule has 2 aromatic rings. The van der Waals surface area contributed by atoms with E-state index in [4.69, 9.17) is 5.11 Å². The van der Waals surface area contributed by atoms with E-state index < -0.39 is 12.0 Å². The van der Waals surface area contributed by atoms with Crippen molar-refractivity contribution in [1.29, 1.82) is 0 Å². The van der Waals surface area contributed by atoms with Gasteiger partial charge >= 0.3 is 5.97 Å². The summed E-state index contributed by atoms with van der Waals surface area (Å²) in [5.74, 6) is -0.212. The molecule has 0 bridgehead atoms. The Morgan fingerprint density at radius 3 is 2.75 bits per heavy atom. The zero-order valence-corrected chi connectivity index (χ0v) is 15.0. The first-order valence-electron chi connectivity index (χ1n) is 7.89. The Kier molecular flexibility index (Phi) is 6.25. The molecule has 6 nitrogen and oxygen atoms in total. The van der Waals surface area contributed by atoms with Crippen LogP contribution in [0.3, 0.4) is 0 Å². The van der Waals surface area contributed by atoms with Crippen LogP contribution in [0.2, 0.25) is 0 Å². The number of pyridine rings is 1. The molecule has 130 valence electrons.